The van der Waals surface area contributed by atoms with Crippen LogP contribution in [0.15, 0.2) is 0 Å². The maximum Gasteiger partial charge on any atom is 0.216 e. The second-order valence-electron chi connectivity index (χ2n) is 7.20. The monoisotopic (exact) mass is 425 g/mol. The molecule has 0 spiro atoms. The molecule has 0 unspecified atom stereocenters. The third-order valence-electron chi connectivity index (χ3n) is 4.90. The number of ether oxygens (including phenoxy) is 4. The fraction of sp³-hybridized carbons (Fsp3) is 0.941. The minimum absolute atomic E-state index is 0.0948. The van der Waals surface area contributed by atoms with Gasteiger partial charge in [-0.15, -0.1) is 0 Å². The Balaban J connectivity index is 2.04. The summed E-state index contributed by atoms with van der Waals surface area (Å²) in [6.45, 7) is 2.70. The van der Waals surface area contributed by atoms with Crippen molar-refractivity contribution in [3.8, 4) is 0 Å². The molecule has 0 aromatic carbocycles. The van der Waals surface area contributed by atoms with Gasteiger partial charge in [0.25, 0.3) is 0 Å². The lowest BCUT2D eigenvalue weighted by Gasteiger charge is -2.45. The van der Waals surface area contributed by atoms with Gasteiger partial charge in [-0.3, -0.25) is 4.79 Å². The second kappa shape index (κ2) is 10.9. The Bertz CT molecular complexity index is 524. The van der Waals surface area contributed by atoms with Crippen molar-refractivity contribution < 1.29 is 54.4 Å². The Morgan fingerprint density at radius 1 is 0.966 bits per heavy atom. The zero-order valence-corrected chi connectivity index (χ0v) is 16.3. The molecule has 2 heterocycles. The van der Waals surface area contributed by atoms with Crippen molar-refractivity contribution in [1.29, 1.82) is 0 Å². The minimum Gasteiger partial charge on any atom is -0.394 e. The summed E-state index contributed by atoms with van der Waals surface area (Å²) in [5, 5.41) is 62.3. The van der Waals surface area contributed by atoms with Gasteiger partial charge in [-0.25, -0.2) is 0 Å². The van der Waals surface area contributed by atoms with E-state index < -0.39 is 68.0 Å². The fourth-order valence-electron chi connectivity index (χ4n) is 3.15. The van der Waals surface area contributed by atoms with Gasteiger partial charge in [0.1, 0.15) is 42.7 Å². The van der Waals surface area contributed by atoms with E-state index in [0.29, 0.717) is 13.0 Å². The third kappa shape index (κ3) is 6.04. The van der Waals surface area contributed by atoms with Gasteiger partial charge in [-0.1, -0.05) is 0 Å². The molecular formula is C17H31NO11. The average molecular weight is 425 g/mol. The summed E-state index contributed by atoms with van der Waals surface area (Å²) in [6, 6.07) is 0. The molecule has 29 heavy (non-hydrogen) atoms. The van der Waals surface area contributed by atoms with Crippen LogP contribution in [0, 0.1) is 0 Å². The van der Waals surface area contributed by atoms with E-state index in [1.807, 2.05) is 0 Å². The van der Waals surface area contributed by atoms with Gasteiger partial charge in [0.05, 0.1) is 19.3 Å². The number of hydrogen-bond donors (Lipinski definition) is 7. The summed E-state index contributed by atoms with van der Waals surface area (Å²) in [6.07, 6.45) is -13.1. The summed E-state index contributed by atoms with van der Waals surface area (Å²) >= 11 is 0. The molecule has 0 saturated carbocycles. The average Bonchev–Trinajstić information content (AvgIpc) is 2.68. The molecule has 12 nitrogen and oxygen atoms in total. The Hall–Kier alpha value is -0.930. The number of rotatable bonds is 8. The summed E-state index contributed by atoms with van der Waals surface area (Å²) in [4.78, 5) is 10.9. The quantitative estimate of drug-likeness (QED) is 0.189. The summed E-state index contributed by atoms with van der Waals surface area (Å²) in [7, 11) is 0. The SMILES string of the molecule is CC(=O)NCCCO[C@@H]1O[C@H](CO)[C@H](O)[C@H](O)[C@H]1O[C@@H]1O[C@@H](C)[C@@H](O)[C@@H](O)[C@@H]1O. The van der Waals surface area contributed by atoms with E-state index in [9.17, 15) is 35.4 Å². The standard InChI is InChI=1S/C17H31NO11/c1-7-10(21)12(23)14(25)16(27-7)29-15-13(24)11(22)9(6-19)28-17(15)26-5-3-4-18-8(2)20/h7,9-17,19,21-25H,3-6H2,1-2H3,(H,18,20)/t7-,9+,10+,11-,12+,13-,14-,15+,16-,17+/m0/s1. The number of hydrogen-bond acceptors (Lipinski definition) is 11. The number of carbonyl (C=O) groups is 1. The van der Waals surface area contributed by atoms with Crippen molar-refractivity contribution in [3.05, 3.63) is 0 Å². The van der Waals surface area contributed by atoms with E-state index in [4.69, 9.17) is 18.9 Å². The van der Waals surface area contributed by atoms with Crippen LogP contribution in [0.1, 0.15) is 20.3 Å². The van der Waals surface area contributed by atoms with Crippen LogP contribution < -0.4 is 5.32 Å². The molecule has 0 aromatic rings. The normalized spacial score (nSPS) is 43.2. The van der Waals surface area contributed by atoms with E-state index in [1.54, 1.807) is 0 Å². The van der Waals surface area contributed by atoms with E-state index in [2.05, 4.69) is 5.32 Å². The maximum absolute atomic E-state index is 10.9. The molecule has 0 aliphatic carbocycles. The lowest BCUT2D eigenvalue weighted by molar-refractivity contribution is -0.364. The lowest BCUT2D eigenvalue weighted by atomic mass is 9.97. The van der Waals surface area contributed by atoms with Gasteiger partial charge < -0.3 is 54.9 Å². The molecule has 170 valence electrons. The van der Waals surface area contributed by atoms with Crippen LogP contribution >= 0.6 is 0 Å². The lowest BCUT2D eigenvalue weighted by Crippen LogP contribution is -2.64. The predicted molar refractivity (Wildman–Crippen MR) is 94.2 cm³/mol. The topological polar surface area (TPSA) is 187 Å². The Morgan fingerprint density at radius 2 is 1.66 bits per heavy atom. The molecule has 0 aromatic heterocycles. The van der Waals surface area contributed by atoms with Crippen LogP contribution in [0.25, 0.3) is 0 Å². The van der Waals surface area contributed by atoms with Crippen LogP contribution in [-0.4, -0.2) is 118 Å². The number of nitrogens with one attached hydrogen (secondary N) is 1. The second-order valence-corrected chi connectivity index (χ2v) is 7.20. The molecule has 2 rings (SSSR count). The first-order valence-corrected chi connectivity index (χ1v) is 9.51. The highest BCUT2D eigenvalue weighted by molar-refractivity contribution is 5.72. The Kier molecular flexibility index (Phi) is 9.15. The van der Waals surface area contributed by atoms with Crippen LogP contribution in [0.5, 0.6) is 0 Å². The van der Waals surface area contributed by atoms with E-state index in [-0.39, 0.29) is 12.5 Å². The van der Waals surface area contributed by atoms with Gasteiger partial charge in [-0.05, 0) is 13.3 Å². The molecule has 10 atom stereocenters. The molecule has 1 amide bonds. The van der Waals surface area contributed by atoms with Crippen LogP contribution in [0.2, 0.25) is 0 Å². The summed E-state index contributed by atoms with van der Waals surface area (Å²) in [5.41, 5.74) is 0. The van der Waals surface area contributed by atoms with Crippen LogP contribution in [0.3, 0.4) is 0 Å². The van der Waals surface area contributed by atoms with Crippen molar-refractivity contribution in [2.75, 3.05) is 19.8 Å². The van der Waals surface area contributed by atoms with Crippen molar-refractivity contribution in [2.45, 2.75) is 81.7 Å². The predicted octanol–water partition coefficient (Wildman–Crippen LogP) is -3.82. The van der Waals surface area contributed by atoms with Crippen molar-refractivity contribution in [1.82, 2.24) is 5.32 Å². The molecule has 2 fully saturated rings. The van der Waals surface area contributed by atoms with Gasteiger partial charge in [0.2, 0.25) is 5.91 Å². The van der Waals surface area contributed by atoms with Crippen LogP contribution in [0.4, 0.5) is 0 Å². The number of amides is 1. The van der Waals surface area contributed by atoms with E-state index in [1.165, 1.54) is 13.8 Å². The largest absolute Gasteiger partial charge is 0.394 e. The highest BCUT2D eigenvalue weighted by atomic mass is 16.8. The van der Waals surface area contributed by atoms with Gasteiger partial charge in [0, 0.05) is 13.5 Å². The Morgan fingerprint density at radius 3 is 2.28 bits per heavy atom. The minimum atomic E-state index is -1.62. The molecule has 7 N–H and O–H groups in total. The number of aliphatic hydroxyl groups excluding tert-OH is 6. The summed E-state index contributed by atoms with van der Waals surface area (Å²) in [5.74, 6) is -0.197. The molecule has 0 radical (unpaired) electrons. The first-order valence-electron chi connectivity index (χ1n) is 9.51. The molecule has 12 heteroatoms. The van der Waals surface area contributed by atoms with Gasteiger partial charge in [-0.2, -0.15) is 0 Å². The molecule has 0 bridgehead atoms. The zero-order valence-electron chi connectivity index (χ0n) is 16.3. The molecule has 2 aliphatic rings. The highest BCUT2D eigenvalue weighted by Crippen LogP contribution is 2.29. The fourth-order valence-corrected chi connectivity index (χ4v) is 3.15. The maximum atomic E-state index is 10.9. The van der Waals surface area contributed by atoms with Crippen molar-refractivity contribution in [2.24, 2.45) is 0 Å². The number of aliphatic hydroxyl groups is 6. The molecular weight excluding hydrogens is 394 g/mol. The Labute approximate surface area is 167 Å². The first kappa shape index (κ1) is 24.3. The van der Waals surface area contributed by atoms with Gasteiger partial charge >= 0.3 is 0 Å². The van der Waals surface area contributed by atoms with E-state index >= 15 is 0 Å². The van der Waals surface area contributed by atoms with Crippen molar-refractivity contribution in [3.63, 3.8) is 0 Å². The van der Waals surface area contributed by atoms with Crippen molar-refractivity contribution >= 4 is 5.91 Å². The third-order valence-corrected chi connectivity index (χ3v) is 4.90. The zero-order chi connectivity index (χ0) is 21.7. The highest BCUT2D eigenvalue weighted by Gasteiger charge is 2.50. The smallest absolute Gasteiger partial charge is 0.216 e. The summed E-state index contributed by atoms with van der Waals surface area (Å²) < 4.78 is 21.9. The molecule has 2 aliphatic heterocycles. The number of carbonyl (C=O) groups excluding carboxylic acids is 1. The molecule has 2 saturated heterocycles. The first-order chi connectivity index (χ1) is 13.7. The van der Waals surface area contributed by atoms with Crippen LogP contribution in [-0.2, 0) is 23.7 Å². The van der Waals surface area contributed by atoms with E-state index in [0.717, 1.165) is 0 Å². The van der Waals surface area contributed by atoms with Gasteiger partial charge in [0.15, 0.2) is 12.6 Å².